The predicted molar refractivity (Wildman–Crippen MR) is 137 cm³/mol. The van der Waals surface area contributed by atoms with Gasteiger partial charge in [0.05, 0.1) is 6.04 Å². The van der Waals surface area contributed by atoms with Crippen LogP contribution in [0.3, 0.4) is 0 Å². The number of nitrogens with zero attached hydrogens (tertiary/aromatic N) is 1. The van der Waals surface area contributed by atoms with Crippen molar-refractivity contribution in [3.05, 3.63) is 76.5 Å². The molecular formula is C29H36N2O4. The fourth-order valence-corrected chi connectivity index (χ4v) is 4.87. The van der Waals surface area contributed by atoms with E-state index in [1.54, 1.807) is 18.2 Å². The average Bonchev–Trinajstić information content (AvgIpc) is 2.87. The van der Waals surface area contributed by atoms with Crippen LogP contribution in [0.15, 0.2) is 54.3 Å². The first-order valence-corrected chi connectivity index (χ1v) is 12.8. The highest BCUT2D eigenvalue weighted by molar-refractivity contribution is 5.97. The van der Waals surface area contributed by atoms with Gasteiger partial charge >= 0.3 is 0 Å². The fourth-order valence-electron chi connectivity index (χ4n) is 4.87. The number of aryl methyl sites for hydroxylation is 1. The van der Waals surface area contributed by atoms with Gasteiger partial charge < -0.3 is 19.7 Å². The minimum atomic E-state index is -0.111. The van der Waals surface area contributed by atoms with Gasteiger partial charge in [0.1, 0.15) is 6.10 Å². The van der Waals surface area contributed by atoms with E-state index in [9.17, 15) is 9.59 Å². The molecule has 0 aromatic heterocycles. The van der Waals surface area contributed by atoms with Crippen molar-refractivity contribution in [2.45, 2.75) is 64.6 Å². The van der Waals surface area contributed by atoms with Gasteiger partial charge in [-0.2, -0.15) is 0 Å². The van der Waals surface area contributed by atoms with E-state index < -0.39 is 0 Å². The molecule has 1 aliphatic carbocycles. The Balaban J connectivity index is 1.46. The Morgan fingerprint density at radius 3 is 2.74 bits per heavy atom. The van der Waals surface area contributed by atoms with Gasteiger partial charge in [-0.3, -0.25) is 9.59 Å². The van der Waals surface area contributed by atoms with Crippen molar-refractivity contribution in [3.8, 4) is 0 Å². The summed E-state index contributed by atoms with van der Waals surface area (Å²) in [5.41, 5.74) is 3.76. The Kier molecular flexibility index (Phi) is 8.59. The number of hydrogen-bond acceptors (Lipinski definition) is 4. The molecule has 4 rings (SSSR count). The molecule has 0 spiro atoms. The van der Waals surface area contributed by atoms with E-state index >= 15 is 0 Å². The number of hydrogen-bond donors (Lipinski definition) is 1. The van der Waals surface area contributed by atoms with Crippen molar-refractivity contribution in [3.63, 3.8) is 0 Å². The molecule has 1 heterocycles. The summed E-state index contributed by atoms with van der Waals surface area (Å²) in [4.78, 5) is 27.9. The first-order valence-electron chi connectivity index (χ1n) is 12.8. The molecule has 2 fully saturated rings. The summed E-state index contributed by atoms with van der Waals surface area (Å²) < 4.78 is 11.5. The largest absolute Gasteiger partial charge is 0.482 e. The third-order valence-corrected chi connectivity index (χ3v) is 6.68. The molecule has 0 bridgehead atoms. The normalized spacial score (nSPS) is 20.9. The molecular weight excluding hydrogens is 440 g/mol. The Morgan fingerprint density at radius 1 is 1.17 bits per heavy atom. The van der Waals surface area contributed by atoms with Crippen LogP contribution in [-0.2, 0) is 20.8 Å². The van der Waals surface area contributed by atoms with E-state index in [1.807, 2.05) is 30.0 Å². The fraction of sp³-hybridized carbons (Fsp3) is 0.448. The summed E-state index contributed by atoms with van der Waals surface area (Å²) in [5.74, 6) is 0.208. The Morgan fingerprint density at radius 2 is 1.97 bits per heavy atom. The molecule has 1 aliphatic heterocycles. The molecule has 2 aromatic rings. The van der Waals surface area contributed by atoms with Crippen LogP contribution in [0, 0.1) is 6.92 Å². The Labute approximate surface area is 208 Å². The summed E-state index contributed by atoms with van der Waals surface area (Å²) in [6, 6.07) is 15.7. The van der Waals surface area contributed by atoms with Gasteiger partial charge in [0.2, 0.25) is 0 Å². The lowest BCUT2D eigenvalue weighted by Crippen LogP contribution is -2.54. The van der Waals surface area contributed by atoms with Crippen molar-refractivity contribution in [2.75, 3.05) is 19.8 Å². The Hall–Kier alpha value is -3.12. The SMILES string of the molecule is CCOCCCNC(=O)c1ccc(/C=C2/OC3CCCCC3N(Cc3cccc(C)c3)C2=O)cc1. The summed E-state index contributed by atoms with van der Waals surface area (Å²) in [6.45, 7) is 6.51. The minimum absolute atomic E-state index is 0.0271. The molecule has 186 valence electrons. The molecule has 1 N–H and O–H groups in total. The molecule has 2 aromatic carbocycles. The zero-order valence-corrected chi connectivity index (χ0v) is 20.8. The highest BCUT2D eigenvalue weighted by Crippen LogP contribution is 2.34. The molecule has 2 unspecified atom stereocenters. The van der Waals surface area contributed by atoms with Crippen LogP contribution in [-0.4, -0.2) is 48.6 Å². The van der Waals surface area contributed by atoms with Crippen LogP contribution >= 0.6 is 0 Å². The number of benzene rings is 2. The zero-order chi connectivity index (χ0) is 24.6. The van der Waals surface area contributed by atoms with Gasteiger partial charge in [-0.1, -0.05) is 48.4 Å². The van der Waals surface area contributed by atoms with Crippen LogP contribution in [0.25, 0.3) is 6.08 Å². The molecule has 6 nitrogen and oxygen atoms in total. The van der Waals surface area contributed by atoms with Gasteiger partial charge in [-0.15, -0.1) is 0 Å². The van der Waals surface area contributed by atoms with Crippen LogP contribution in [0.2, 0.25) is 0 Å². The quantitative estimate of drug-likeness (QED) is 0.415. The number of carbonyl (C=O) groups excluding carboxylic acids is 2. The van der Waals surface area contributed by atoms with Gasteiger partial charge in [0.25, 0.3) is 11.8 Å². The van der Waals surface area contributed by atoms with Crippen molar-refractivity contribution in [2.24, 2.45) is 0 Å². The third kappa shape index (κ3) is 6.51. The molecule has 2 atom stereocenters. The number of fused-ring (bicyclic) bond motifs is 1. The van der Waals surface area contributed by atoms with E-state index in [1.165, 1.54) is 5.56 Å². The Bertz CT molecular complexity index is 1050. The maximum atomic E-state index is 13.5. The van der Waals surface area contributed by atoms with Gasteiger partial charge in [-0.25, -0.2) is 0 Å². The highest BCUT2D eigenvalue weighted by Gasteiger charge is 2.41. The van der Waals surface area contributed by atoms with Gasteiger partial charge in [0.15, 0.2) is 5.76 Å². The maximum absolute atomic E-state index is 13.5. The molecule has 1 saturated heterocycles. The van der Waals surface area contributed by atoms with Gasteiger partial charge in [-0.05, 0) is 68.9 Å². The topological polar surface area (TPSA) is 67.9 Å². The number of carbonyl (C=O) groups is 2. The van der Waals surface area contributed by atoms with E-state index in [-0.39, 0.29) is 24.0 Å². The highest BCUT2D eigenvalue weighted by atomic mass is 16.5. The number of amides is 2. The lowest BCUT2D eigenvalue weighted by atomic mass is 9.89. The zero-order valence-electron chi connectivity index (χ0n) is 20.8. The number of ether oxygens (including phenoxy) is 2. The molecule has 0 radical (unpaired) electrons. The van der Waals surface area contributed by atoms with Crippen molar-refractivity contribution < 1.29 is 19.1 Å². The minimum Gasteiger partial charge on any atom is -0.482 e. The standard InChI is InChI=1S/C29H36N2O4/c1-3-34-17-7-16-30-28(32)24-14-12-22(13-15-24)19-27-29(33)31(20-23-9-6-8-21(2)18-23)25-10-4-5-11-26(25)35-27/h6,8-9,12-15,18-19,25-26H,3-5,7,10-11,16-17,20H2,1-2H3,(H,30,32)/b27-19+. The monoisotopic (exact) mass is 476 g/mol. The summed E-state index contributed by atoms with van der Waals surface area (Å²) in [7, 11) is 0. The summed E-state index contributed by atoms with van der Waals surface area (Å²) >= 11 is 0. The summed E-state index contributed by atoms with van der Waals surface area (Å²) in [5, 5.41) is 2.91. The second-order valence-electron chi connectivity index (χ2n) is 9.37. The molecule has 35 heavy (non-hydrogen) atoms. The maximum Gasteiger partial charge on any atom is 0.289 e. The van der Waals surface area contributed by atoms with Crippen LogP contribution in [0.4, 0.5) is 0 Å². The van der Waals surface area contributed by atoms with Crippen LogP contribution < -0.4 is 5.32 Å². The molecule has 2 aliphatic rings. The number of morpholine rings is 1. The first-order chi connectivity index (χ1) is 17.0. The predicted octanol–water partition coefficient (Wildman–Crippen LogP) is 4.86. The molecule has 1 saturated carbocycles. The number of rotatable bonds is 9. The lowest BCUT2D eigenvalue weighted by Gasteiger charge is -2.44. The van der Waals surface area contributed by atoms with E-state index in [0.717, 1.165) is 43.2 Å². The van der Waals surface area contributed by atoms with Gasteiger partial charge in [0, 0.05) is 31.9 Å². The number of nitrogens with one attached hydrogen (secondary N) is 1. The molecule has 6 heteroatoms. The first kappa shape index (κ1) is 25.0. The summed E-state index contributed by atoms with van der Waals surface area (Å²) in [6.07, 6.45) is 6.79. The lowest BCUT2D eigenvalue weighted by molar-refractivity contribution is -0.149. The van der Waals surface area contributed by atoms with Crippen LogP contribution in [0.1, 0.15) is 66.1 Å². The molecule has 2 amide bonds. The van der Waals surface area contributed by atoms with E-state index in [0.29, 0.717) is 37.6 Å². The van der Waals surface area contributed by atoms with Crippen molar-refractivity contribution in [1.29, 1.82) is 0 Å². The second kappa shape index (κ2) is 12.0. The van der Waals surface area contributed by atoms with E-state index in [2.05, 4.69) is 30.4 Å². The second-order valence-corrected chi connectivity index (χ2v) is 9.37. The smallest absolute Gasteiger partial charge is 0.289 e. The van der Waals surface area contributed by atoms with Crippen molar-refractivity contribution in [1.82, 2.24) is 10.2 Å². The third-order valence-electron chi connectivity index (χ3n) is 6.68. The van der Waals surface area contributed by atoms with E-state index in [4.69, 9.17) is 9.47 Å². The average molecular weight is 477 g/mol. The van der Waals surface area contributed by atoms with Crippen molar-refractivity contribution >= 4 is 17.9 Å². The van der Waals surface area contributed by atoms with Crippen LogP contribution in [0.5, 0.6) is 0 Å².